The number of nitrogens with zero attached hydrogens (tertiary/aromatic N) is 2. The smallest absolute Gasteiger partial charge is 0.408 e. The minimum Gasteiger partial charge on any atom is -0.497 e. The van der Waals surface area contributed by atoms with E-state index in [1.807, 2.05) is 24.3 Å². The molecule has 7 nitrogen and oxygen atoms in total. The largest absolute Gasteiger partial charge is 0.497 e. The molecular weight excluding hydrogens is 288 g/mol. The van der Waals surface area contributed by atoms with Crippen LogP contribution in [0.2, 0.25) is 0 Å². The fraction of sp³-hybridized carbons (Fsp3) is 0.467. The van der Waals surface area contributed by atoms with E-state index in [4.69, 9.17) is 4.74 Å². The summed E-state index contributed by atoms with van der Waals surface area (Å²) in [6, 6.07) is 7.38. The van der Waals surface area contributed by atoms with Crippen LogP contribution in [0.25, 0.3) is 0 Å². The van der Waals surface area contributed by atoms with Crippen LogP contribution in [0.3, 0.4) is 0 Å². The number of methoxy groups -OCH3 is 1. The molecule has 2 amide bonds. The maximum atomic E-state index is 12.5. The van der Waals surface area contributed by atoms with Crippen LogP contribution in [0.5, 0.6) is 5.75 Å². The third-order valence-corrected chi connectivity index (χ3v) is 4.38. The standard InChI is InChI=1S/C15H18N2O5/c1-22-12-4-2-10(3-5-12)7-16-9-15(13(16)19)6-11(18)8-17(15)14(20)21/h2-5,11,18H,6-9H2,1H3,(H,20,21)/t11-,15?/m1/s1. The summed E-state index contributed by atoms with van der Waals surface area (Å²) in [5.41, 5.74) is -0.123. The number of rotatable bonds is 3. The van der Waals surface area contributed by atoms with E-state index < -0.39 is 17.7 Å². The Kier molecular flexibility index (Phi) is 3.44. The van der Waals surface area contributed by atoms with E-state index in [1.165, 1.54) is 0 Å². The normalized spacial score (nSPS) is 27.2. The molecule has 2 aliphatic heterocycles. The second kappa shape index (κ2) is 5.17. The van der Waals surface area contributed by atoms with Gasteiger partial charge >= 0.3 is 6.09 Å². The lowest BCUT2D eigenvalue weighted by Gasteiger charge is -2.50. The van der Waals surface area contributed by atoms with E-state index in [1.54, 1.807) is 12.0 Å². The first-order valence-electron chi connectivity index (χ1n) is 7.07. The second-order valence-corrected chi connectivity index (χ2v) is 5.79. The number of carbonyl (C=O) groups excluding carboxylic acids is 1. The Balaban J connectivity index is 1.70. The van der Waals surface area contributed by atoms with Crippen molar-refractivity contribution < 1.29 is 24.5 Å². The fourth-order valence-corrected chi connectivity index (χ4v) is 3.30. The first kappa shape index (κ1) is 14.6. The molecular formula is C15H18N2O5. The molecule has 2 atom stereocenters. The third kappa shape index (κ3) is 2.18. The van der Waals surface area contributed by atoms with Crippen molar-refractivity contribution in [3.05, 3.63) is 29.8 Å². The molecule has 0 radical (unpaired) electrons. The maximum Gasteiger partial charge on any atom is 0.408 e. The van der Waals surface area contributed by atoms with Gasteiger partial charge in [-0.15, -0.1) is 0 Å². The zero-order valence-corrected chi connectivity index (χ0v) is 12.2. The van der Waals surface area contributed by atoms with Gasteiger partial charge < -0.3 is 19.8 Å². The summed E-state index contributed by atoms with van der Waals surface area (Å²) in [4.78, 5) is 26.4. The van der Waals surface area contributed by atoms with E-state index in [0.717, 1.165) is 16.2 Å². The number of aliphatic hydroxyl groups excluding tert-OH is 1. The van der Waals surface area contributed by atoms with Crippen LogP contribution >= 0.6 is 0 Å². The SMILES string of the molecule is COc1ccc(CN2CC3(C[C@@H](O)CN3C(=O)O)C2=O)cc1. The van der Waals surface area contributed by atoms with E-state index in [9.17, 15) is 19.8 Å². The van der Waals surface area contributed by atoms with Gasteiger partial charge in [-0.25, -0.2) is 4.79 Å². The maximum absolute atomic E-state index is 12.5. The number of β-amino-alcohol motifs (C(OH)–C–C–N with tert-alkyl or cyclic N) is 1. The molecule has 1 aromatic rings. The average Bonchev–Trinajstić information content (AvgIpc) is 2.87. The Morgan fingerprint density at radius 1 is 1.41 bits per heavy atom. The van der Waals surface area contributed by atoms with Gasteiger partial charge in [-0.2, -0.15) is 0 Å². The van der Waals surface area contributed by atoms with Gasteiger partial charge in [0, 0.05) is 13.0 Å². The molecule has 1 unspecified atom stereocenters. The molecule has 2 aliphatic rings. The summed E-state index contributed by atoms with van der Waals surface area (Å²) in [6.45, 7) is 0.743. The minimum atomic E-state index is -1.16. The van der Waals surface area contributed by atoms with E-state index in [2.05, 4.69) is 0 Å². The van der Waals surface area contributed by atoms with Gasteiger partial charge in [-0.1, -0.05) is 12.1 Å². The van der Waals surface area contributed by atoms with Gasteiger partial charge in [0.15, 0.2) is 0 Å². The second-order valence-electron chi connectivity index (χ2n) is 5.79. The number of aliphatic hydroxyl groups is 1. The molecule has 0 aliphatic carbocycles. The molecule has 7 heteroatoms. The van der Waals surface area contributed by atoms with E-state index in [0.29, 0.717) is 13.1 Å². The summed E-state index contributed by atoms with van der Waals surface area (Å²) < 4.78 is 5.08. The zero-order chi connectivity index (χ0) is 15.9. The number of carboxylic acid groups (broad SMARTS) is 1. The van der Waals surface area contributed by atoms with Gasteiger partial charge in [0.2, 0.25) is 0 Å². The molecule has 2 fully saturated rings. The lowest BCUT2D eigenvalue weighted by molar-refractivity contribution is -0.160. The highest BCUT2D eigenvalue weighted by Gasteiger charge is 2.62. The Morgan fingerprint density at radius 3 is 2.64 bits per heavy atom. The van der Waals surface area contributed by atoms with Crippen molar-refractivity contribution in [2.45, 2.75) is 24.6 Å². The van der Waals surface area contributed by atoms with Gasteiger partial charge in [0.1, 0.15) is 11.3 Å². The summed E-state index contributed by atoms with van der Waals surface area (Å²) in [5.74, 6) is 0.508. The van der Waals surface area contributed by atoms with Crippen LogP contribution in [-0.4, -0.2) is 63.9 Å². The van der Waals surface area contributed by atoms with Crippen LogP contribution in [-0.2, 0) is 11.3 Å². The third-order valence-electron chi connectivity index (χ3n) is 4.38. The summed E-state index contributed by atoms with van der Waals surface area (Å²) in [6.07, 6.45) is -1.76. The first-order valence-corrected chi connectivity index (χ1v) is 7.07. The monoisotopic (exact) mass is 306 g/mol. The van der Waals surface area contributed by atoms with Crippen LogP contribution in [0.4, 0.5) is 4.79 Å². The summed E-state index contributed by atoms with van der Waals surface area (Å²) in [7, 11) is 1.59. The number of carbonyl (C=O) groups is 2. The number of hydrogen-bond acceptors (Lipinski definition) is 4. The molecule has 118 valence electrons. The van der Waals surface area contributed by atoms with E-state index in [-0.39, 0.29) is 18.9 Å². The molecule has 1 aromatic carbocycles. The number of amides is 2. The molecule has 0 bridgehead atoms. The predicted molar refractivity (Wildman–Crippen MR) is 76.5 cm³/mol. The van der Waals surface area contributed by atoms with Gasteiger partial charge in [0.25, 0.3) is 5.91 Å². The summed E-state index contributed by atoms with van der Waals surface area (Å²) in [5, 5.41) is 18.9. The van der Waals surface area contributed by atoms with Crippen LogP contribution in [0.1, 0.15) is 12.0 Å². The molecule has 1 spiro atoms. The van der Waals surface area contributed by atoms with Crippen molar-refractivity contribution in [3.63, 3.8) is 0 Å². The molecule has 0 aromatic heterocycles. The highest BCUT2D eigenvalue weighted by Crippen LogP contribution is 2.39. The van der Waals surface area contributed by atoms with Crippen molar-refractivity contribution >= 4 is 12.0 Å². The van der Waals surface area contributed by atoms with Crippen LogP contribution < -0.4 is 4.74 Å². The molecule has 2 heterocycles. The molecule has 22 heavy (non-hydrogen) atoms. The van der Waals surface area contributed by atoms with Crippen molar-refractivity contribution in [2.24, 2.45) is 0 Å². The molecule has 2 saturated heterocycles. The lowest BCUT2D eigenvalue weighted by Crippen LogP contribution is -2.72. The van der Waals surface area contributed by atoms with E-state index >= 15 is 0 Å². The Morgan fingerprint density at radius 2 is 2.09 bits per heavy atom. The van der Waals surface area contributed by atoms with Gasteiger partial charge in [-0.3, -0.25) is 9.69 Å². The number of benzene rings is 1. The highest BCUT2D eigenvalue weighted by molar-refractivity contribution is 5.96. The quantitative estimate of drug-likeness (QED) is 0.795. The predicted octanol–water partition coefficient (Wildman–Crippen LogP) is 0.521. The van der Waals surface area contributed by atoms with Gasteiger partial charge in [-0.05, 0) is 17.7 Å². The van der Waals surface area contributed by atoms with Crippen molar-refractivity contribution in [1.29, 1.82) is 0 Å². The average molecular weight is 306 g/mol. The molecule has 0 saturated carbocycles. The first-order chi connectivity index (χ1) is 10.5. The topological polar surface area (TPSA) is 90.3 Å². The molecule has 2 N–H and O–H groups in total. The number of likely N-dealkylation sites (tertiary alicyclic amines) is 2. The van der Waals surface area contributed by atoms with Gasteiger partial charge in [0.05, 0.1) is 26.3 Å². The van der Waals surface area contributed by atoms with Crippen molar-refractivity contribution in [2.75, 3.05) is 20.2 Å². The van der Waals surface area contributed by atoms with Crippen LogP contribution in [0, 0.1) is 0 Å². The Bertz CT molecular complexity index is 602. The minimum absolute atomic E-state index is 0.00253. The number of hydrogen-bond donors (Lipinski definition) is 2. The lowest BCUT2D eigenvalue weighted by atomic mass is 9.85. The Hall–Kier alpha value is -2.28. The number of ether oxygens (including phenoxy) is 1. The molecule has 3 rings (SSSR count). The fourth-order valence-electron chi connectivity index (χ4n) is 3.30. The van der Waals surface area contributed by atoms with Crippen molar-refractivity contribution in [3.8, 4) is 5.75 Å². The van der Waals surface area contributed by atoms with Crippen LogP contribution in [0.15, 0.2) is 24.3 Å². The zero-order valence-electron chi connectivity index (χ0n) is 12.2. The number of β-lactam (4-membered cyclic amide) rings is 1. The van der Waals surface area contributed by atoms with Crippen molar-refractivity contribution in [1.82, 2.24) is 9.80 Å². The summed E-state index contributed by atoms with van der Waals surface area (Å²) >= 11 is 0. The Labute approximate surface area is 127 Å². The highest BCUT2D eigenvalue weighted by atomic mass is 16.5.